The fraction of sp³-hybridized carbons (Fsp3) is 0.176. The van der Waals surface area contributed by atoms with Crippen LogP contribution >= 0.6 is 0 Å². The van der Waals surface area contributed by atoms with Crippen LogP contribution in [0, 0.1) is 17.0 Å². The Morgan fingerprint density at radius 2 is 2.00 bits per heavy atom. The van der Waals surface area contributed by atoms with E-state index in [9.17, 15) is 14.9 Å². The fourth-order valence-electron chi connectivity index (χ4n) is 1.92. The number of ether oxygens (including phenoxy) is 2. The third-order valence-electron chi connectivity index (χ3n) is 3.19. The number of rotatable bonds is 7. The zero-order valence-electron chi connectivity index (χ0n) is 13.8. The monoisotopic (exact) mass is 343 g/mol. The van der Waals surface area contributed by atoms with E-state index in [1.54, 1.807) is 18.2 Å². The second-order valence-electron chi connectivity index (χ2n) is 5.08. The van der Waals surface area contributed by atoms with Gasteiger partial charge < -0.3 is 9.47 Å². The summed E-state index contributed by atoms with van der Waals surface area (Å²) in [6.07, 6.45) is 1.30. The molecule has 0 aliphatic carbocycles. The lowest BCUT2D eigenvalue weighted by atomic mass is 10.2. The summed E-state index contributed by atoms with van der Waals surface area (Å²) in [5, 5.41) is 14.7. The maximum atomic E-state index is 11.7. The molecule has 0 aromatic heterocycles. The molecule has 25 heavy (non-hydrogen) atoms. The fourth-order valence-corrected chi connectivity index (χ4v) is 1.92. The zero-order chi connectivity index (χ0) is 18.2. The van der Waals surface area contributed by atoms with E-state index in [1.807, 2.05) is 19.1 Å². The molecule has 0 bridgehead atoms. The molecule has 2 rings (SSSR count). The average Bonchev–Trinajstić information content (AvgIpc) is 2.61. The van der Waals surface area contributed by atoms with Gasteiger partial charge in [0.25, 0.3) is 5.91 Å². The maximum absolute atomic E-state index is 11.7. The summed E-state index contributed by atoms with van der Waals surface area (Å²) in [4.78, 5) is 22.1. The topological polar surface area (TPSA) is 103 Å². The molecular formula is C17H17N3O5. The Bertz CT molecular complexity index is 787. The molecule has 0 saturated heterocycles. The first-order valence-electron chi connectivity index (χ1n) is 7.33. The van der Waals surface area contributed by atoms with Crippen LogP contribution in [0.15, 0.2) is 47.6 Å². The van der Waals surface area contributed by atoms with Gasteiger partial charge in [-0.05, 0) is 31.2 Å². The van der Waals surface area contributed by atoms with Gasteiger partial charge in [0.2, 0.25) is 0 Å². The summed E-state index contributed by atoms with van der Waals surface area (Å²) in [6.45, 7) is 1.76. The summed E-state index contributed by atoms with van der Waals surface area (Å²) in [6, 6.07) is 11.6. The van der Waals surface area contributed by atoms with E-state index in [4.69, 9.17) is 9.47 Å². The third-order valence-corrected chi connectivity index (χ3v) is 3.19. The highest BCUT2D eigenvalue weighted by Gasteiger charge is 2.14. The number of nitrogens with zero attached hydrogens (tertiary/aromatic N) is 2. The number of amides is 1. The van der Waals surface area contributed by atoms with Gasteiger partial charge in [0.05, 0.1) is 18.2 Å². The molecule has 0 atom stereocenters. The zero-order valence-corrected chi connectivity index (χ0v) is 13.8. The van der Waals surface area contributed by atoms with Crippen LogP contribution in [0.2, 0.25) is 0 Å². The Morgan fingerprint density at radius 1 is 1.28 bits per heavy atom. The van der Waals surface area contributed by atoms with Gasteiger partial charge in [-0.25, -0.2) is 5.43 Å². The van der Waals surface area contributed by atoms with Crippen molar-refractivity contribution in [2.75, 3.05) is 13.7 Å². The Morgan fingerprint density at radius 3 is 2.64 bits per heavy atom. The van der Waals surface area contributed by atoms with Crippen molar-refractivity contribution in [2.24, 2.45) is 5.10 Å². The normalized spacial score (nSPS) is 10.5. The summed E-state index contributed by atoms with van der Waals surface area (Å²) in [5.74, 6) is 0.285. The smallest absolute Gasteiger partial charge is 0.311 e. The molecule has 8 heteroatoms. The van der Waals surface area contributed by atoms with Crippen LogP contribution in [0.25, 0.3) is 0 Å². The van der Waals surface area contributed by atoms with Gasteiger partial charge in [0, 0.05) is 11.6 Å². The van der Waals surface area contributed by atoms with Crippen LogP contribution in [-0.2, 0) is 4.79 Å². The number of hydrogen-bond donors (Lipinski definition) is 1. The first kappa shape index (κ1) is 17.9. The first-order chi connectivity index (χ1) is 12.0. The quantitative estimate of drug-likeness (QED) is 0.472. The number of methoxy groups -OCH3 is 1. The number of aryl methyl sites for hydroxylation is 1. The number of hydrazone groups is 1. The van der Waals surface area contributed by atoms with E-state index in [2.05, 4.69) is 10.5 Å². The first-order valence-corrected chi connectivity index (χ1v) is 7.33. The largest absolute Gasteiger partial charge is 0.490 e. The van der Waals surface area contributed by atoms with Gasteiger partial charge in [-0.15, -0.1) is 0 Å². The predicted molar refractivity (Wildman–Crippen MR) is 92.1 cm³/mol. The van der Waals surface area contributed by atoms with E-state index in [-0.39, 0.29) is 18.0 Å². The molecule has 8 nitrogen and oxygen atoms in total. The molecule has 0 fully saturated rings. The molecular weight excluding hydrogens is 326 g/mol. The van der Waals surface area contributed by atoms with Crippen LogP contribution in [0.3, 0.4) is 0 Å². The molecule has 0 aliphatic rings. The van der Waals surface area contributed by atoms with Crippen molar-refractivity contribution in [3.05, 3.63) is 63.7 Å². The van der Waals surface area contributed by atoms with Gasteiger partial charge in [-0.3, -0.25) is 14.9 Å². The average molecular weight is 343 g/mol. The minimum Gasteiger partial charge on any atom is -0.490 e. The van der Waals surface area contributed by atoms with Crippen molar-refractivity contribution in [3.63, 3.8) is 0 Å². The Kier molecular flexibility index (Phi) is 6.05. The van der Waals surface area contributed by atoms with Crippen LogP contribution in [-0.4, -0.2) is 30.8 Å². The Balaban J connectivity index is 1.89. The van der Waals surface area contributed by atoms with Gasteiger partial charge in [0.1, 0.15) is 5.75 Å². The molecule has 1 N–H and O–H groups in total. The lowest BCUT2D eigenvalue weighted by Crippen LogP contribution is -2.24. The van der Waals surface area contributed by atoms with E-state index in [1.165, 1.54) is 25.5 Å². The number of nitro groups is 1. The second-order valence-corrected chi connectivity index (χ2v) is 5.08. The third kappa shape index (κ3) is 5.31. The SMILES string of the molecule is COc1ccc(C=NNC(=O)COc2ccc(C)cc2)cc1[N+](=O)[O-]. The molecule has 0 radical (unpaired) electrons. The van der Waals surface area contributed by atoms with Gasteiger partial charge in [-0.1, -0.05) is 17.7 Å². The summed E-state index contributed by atoms with van der Waals surface area (Å²) in [5.41, 5.74) is 3.66. The minimum atomic E-state index is -0.551. The van der Waals surface area contributed by atoms with Crippen molar-refractivity contribution in [1.29, 1.82) is 0 Å². The summed E-state index contributed by atoms with van der Waals surface area (Å²) in [7, 11) is 1.35. The van der Waals surface area contributed by atoms with Crippen LogP contribution in [0.1, 0.15) is 11.1 Å². The van der Waals surface area contributed by atoms with E-state index in [0.29, 0.717) is 11.3 Å². The van der Waals surface area contributed by atoms with Crippen molar-refractivity contribution in [1.82, 2.24) is 5.43 Å². The van der Waals surface area contributed by atoms with Crippen molar-refractivity contribution in [3.8, 4) is 11.5 Å². The summed E-state index contributed by atoms with van der Waals surface area (Å²) < 4.78 is 10.2. The molecule has 0 unspecified atom stereocenters. The molecule has 1 amide bonds. The maximum Gasteiger partial charge on any atom is 0.311 e. The lowest BCUT2D eigenvalue weighted by Gasteiger charge is -2.05. The highest BCUT2D eigenvalue weighted by molar-refractivity contribution is 5.84. The van der Waals surface area contributed by atoms with E-state index < -0.39 is 10.8 Å². The van der Waals surface area contributed by atoms with Crippen molar-refractivity contribution < 1.29 is 19.2 Å². The van der Waals surface area contributed by atoms with Crippen molar-refractivity contribution >= 4 is 17.8 Å². The molecule has 2 aromatic rings. The highest BCUT2D eigenvalue weighted by atomic mass is 16.6. The number of nitrogens with one attached hydrogen (secondary N) is 1. The predicted octanol–water partition coefficient (Wildman–Crippen LogP) is 2.44. The van der Waals surface area contributed by atoms with Crippen LogP contribution in [0.4, 0.5) is 5.69 Å². The molecule has 0 aliphatic heterocycles. The van der Waals surface area contributed by atoms with Crippen LogP contribution < -0.4 is 14.9 Å². The van der Waals surface area contributed by atoms with Gasteiger partial charge >= 0.3 is 5.69 Å². The molecule has 130 valence electrons. The summed E-state index contributed by atoms with van der Waals surface area (Å²) >= 11 is 0. The number of carbonyl (C=O) groups excluding carboxylic acids is 1. The van der Waals surface area contributed by atoms with Crippen molar-refractivity contribution in [2.45, 2.75) is 6.92 Å². The number of hydrogen-bond acceptors (Lipinski definition) is 6. The number of nitro benzene ring substituents is 1. The minimum absolute atomic E-state index is 0.151. The highest BCUT2D eigenvalue weighted by Crippen LogP contribution is 2.26. The Labute approximate surface area is 144 Å². The molecule has 0 heterocycles. The molecule has 0 saturated carbocycles. The molecule has 0 spiro atoms. The standard InChI is InChI=1S/C17H17N3O5/c1-12-3-6-14(7-4-12)25-11-17(21)19-18-10-13-5-8-16(24-2)15(9-13)20(22)23/h3-10H,11H2,1-2H3,(H,19,21). The van der Waals surface area contributed by atoms with E-state index in [0.717, 1.165) is 5.56 Å². The number of benzene rings is 2. The van der Waals surface area contributed by atoms with Gasteiger partial charge in [0.15, 0.2) is 12.4 Å². The Hall–Kier alpha value is -3.42. The molecule has 2 aromatic carbocycles. The van der Waals surface area contributed by atoms with E-state index >= 15 is 0 Å². The van der Waals surface area contributed by atoms with Gasteiger partial charge in [-0.2, -0.15) is 5.10 Å². The van der Waals surface area contributed by atoms with Crippen LogP contribution in [0.5, 0.6) is 11.5 Å². The number of carbonyl (C=O) groups is 1. The second kappa shape index (κ2) is 8.44. The lowest BCUT2D eigenvalue weighted by molar-refractivity contribution is -0.385.